The number of nitrogens with one attached hydrogen (secondary N) is 1. The molecule has 0 aliphatic rings. The van der Waals surface area contributed by atoms with Gasteiger partial charge in [0, 0.05) is 31.4 Å². The SMILES string of the molecule is Cc1[nH]c(C(=O)O)c(C)c1S(=O)(=O)N(C)CCN(C)C. The minimum Gasteiger partial charge on any atom is -0.477 e. The van der Waals surface area contributed by atoms with Gasteiger partial charge in [-0.1, -0.05) is 0 Å². The summed E-state index contributed by atoms with van der Waals surface area (Å²) in [4.78, 5) is 15.6. The highest BCUT2D eigenvalue weighted by atomic mass is 32.2. The van der Waals surface area contributed by atoms with Crippen molar-refractivity contribution in [2.75, 3.05) is 34.2 Å². The summed E-state index contributed by atoms with van der Waals surface area (Å²) in [7, 11) is 1.51. The number of hydrogen-bond donors (Lipinski definition) is 2. The summed E-state index contributed by atoms with van der Waals surface area (Å²) >= 11 is 0. The van der Waals surface area contributed by atoms with Gasteiger partial charge in [-0.25, -0.2) is 13.2 Å². The predicted octanol–water partition coefficient (Wildman–Crippen LogP) is 0.512. The topological polar surface area (TPSA) is 93.7 Å². The van der Waals surface area contributed by atoms with E-state index in [0.717, 1.165) is 0 Å². The average Bonchev–Trinajstić information content (AvgIpc) is 2.61. The number of carboxylic acid groups (broad SMARTS) is 1. The van der Waals surface area contributed by atoms with Gasteiger partial charge in [-0.05, 0) is 27.9 Å². The lowest BCUT2D eigenvalue weighted by molar-refractivity contribution is 0.0690. The Bertz CT molecular complexity index is 604. The van der Waals surface area contributed by atoms with Crippen LogP contribution in [0.4, 0.5) is 0 Å². The zero-order chi connectivity index (χ0) is 15.7. The molecule has 0 saturated carbocycles. The third-order valence-corrected chi connectivity index (χ3v) is 5.24. The van der Waals surface area contributed by atoms with E-state index in [1.165, 1.54) is 18.3 Å². The maximum absolute atomic E-state index is 12.5. The van der Waals surface area contributed by atoms with Crippen LogP contribution >= 0.6 is 0 Å². The Kier molecular flexibility index (Phi) is 4.95. The molecule has 0 atom stereocenters. The Morgan fingerprint density at radius 2 is 1.75 bits per heavy atom. The standard InChI is InChI=1S/C12H21N3O4S/c1-8-10(12(16)17)13-9(2)11(8)20(18,19)15(5)7-6-14(3)4/h13H,6-7H2,1-5H3,(H,16,17). The smallest absolute Gasteiger partial charge is 0.352 e. The van der Waals surface area contributed by atoms with Crippen LogP contribution in [-0.4, -0.2) is 67.9 Å². The van der Waals surface area contributed by atoms with Crippen molar-refractivity contribution in [1.29, 1.82) is 0 Å². The normalized spacial score (nSPS) is 12.3. The summed E-state index contributed by atoms with van der Waals surface area (Å²) in [6.45, 7) is 3.98. The van der Waals surface area contributed by atoms with E-state index >= 15 is 0 Å². The van der Waals surface area contributed by atoms with Gasteiger partial charge >= 0.3 is 5.97 Å². The number of aryl methyl sites for hydroxylation is 1. The molecular formula is C12H21N3O4S. The third-order valence-electron chi connectivity index (χ3n) is 3.11. The van der Waals surface area contributed by atoms with Gasteiger partial charge in [-0.2, -0.15) is 4.31 Å². The zero-order valence-corrected chi connectivity index (χ0v) is 13.2. The molecule has 0 aliphatic carbocycles. The number of H-pyrrole nitrogens is 1. The lowest BCUT2D eigenvalue weighted by atomic mass is 10.2. The summed E-state index contributed by atoms with van der Waals surface area (Å²) in [6.07, 6.45) is 0. The fraction of sp³-hybridized carbons (Fsp3) is 0.583. The summed E-state index contributed by atoms with van der Waals surface area (Å²) in [5.41, 5.74) is 0.505. The molecule has 1 heterocycles. The van der Waals surface area contributed by atoms with Crippen LogP contribution in [0.1, 0.15) is 21.7 Å². The van der Waals surface area contributed by atoms with Crippen LogP contribution in [0.3, 0.4) is 0 Å². The minimum atomic E-state index is -3.70. The van der Waals surface area contributed by atoms with Crippen molar-refractivity contribution in [2.45, 2.75) is 18.7 Å². The second-order valence-corrected chi connectivity index (χ2v) is 7.00. The largest absolute Gasteiger partial charge is 0.477 e. The third kappa shape index (κ3) is 3.20. The van der Waals surface area contributed by atoms with E-state index in [1.54, 1.807) is 6.92 Å². The fourth-order valence-corrected chi connectivity index (χ4v) is 3.51. The van der Waals surface area contributed by atoms with Gasteiger partial charge in [-0.15, -0.1) is 0 Å². The monoisotopic (exact) mass is 303 g/mol. The fourth-order valence-electron chi connectivity index (χ4n) is 1.95. The molecular weight excluding hydrogens is 282 g/mol. The van der Waals surface area contributed by atoms with Crippen LogP contribution in [0.5, 0.6) is 0 Å². The van der Waals surface area contributed by atoms with E-state index in [1.807, 2.05) is 19.0 Å². The molecule has 0 aromatic carbocycles. The first-order valence-corrected chi connectivity index (χ1v) is 7.56. The summed E-state index contributed by atoms with van der Waals surface area (Å²) < 4.78 is 26.3. The van der Waals surface area contributed by atoms with E-state index in [4.69, 9.17) is 5.11 Å². The Labute approximate surface area is 119 Å². The molecule has 0 saturated heterocycles. The van der Waals surface area contributed by atoms with Gasteiger partial charge in [-0.3, -0.25) is 0 Å². The highest BCUT2D eigenvalue weighted by Gasteiger charge is 2.29. The lowest BCUT2D eigenvalue weighted by Crippen LogP contribution is -2.34. The number of carbonyl (C=O) groups is 1. The maximum atomic E-state index is 12.5. The number of sulfonamides is 1. The molecule has 1 aromatic rings. The van der Waals surface area contributed by atoms with Gasteiger partial charge < -0.3 is 15.0 Å². The molecule has 1 aromatic heterocycles. The highest BCUT2D eigenvalue weighted by molar-refractivity contribution is 7.89. The van der Waals surface area contributed by atoms with Crippen molar-refractivity contribution in [2.24, 2.45) is 0 Å². The van der Waals surface area contributed by atoms with Gasteiger partial charge in [0.05, 0.1) is 0 Å². The number of aromatic carboxylic acids is 1. The van der Waals surface area contributed by atoms with Crippen molar-refractivity contribution in [3.05, 3.63) is 17.0 Å². The van der Waals surface area contributed by atoms with Crippen molar-refractivity contribution >= 4 is 16.0 Å². The van der Waals surface area contributed by atoms with Gasteiger partial charge in [0.2, 0.25) is 10.0 Å². The Morgan fingerprint density at radius 1 is 1.20 bits per heavy atom. The zero-order valence-electron chi connectivity index (χ0n) is 12.4. The summed E-state index contributed by atoms with van der Waals surface area (Å²) in [5.74, 6) is -1.16. The van der Waals surface area contributed by atoms with Gasteiger partial charge in [0.25, 0.3) is 0 Å². The molecule has 0 amide bonds. The van der Waals surface area contributed by atoms with Crippen LogP contribution in [0.15, 0.2) is 4.90 Å². The number of carboxylic acids is 1. The first-order valence-electron chi connectivity index (χ1n) is 6.12. The molecule has 0 radical (unpaired) electrons. The average molecular weight is 303 g/mol. The number of aromatic nitrogens is 1. The lowest BCUT2D eigenvalue weighted by Gasteiger charge is -2.19. The number of nitrogens with zero attached hydrogens (tertiary/aromatic N) is 2. The van der Waals surface area contributed by atoms with E-state index < -0.39 is 16.0 Å². The van der Waals surface area contributed by atoms with Crippen molar-refractivity contribution < 1.29 is 18.3 Å². The van der Waals surface area contributed by atoms with Crippen molar-refractivity contribution in [3.63, 3.8) is 0 Å². The minimum absolute atomic E-state index is 0.0520. The Hall–Kier alpha value is -1.38. The second-order valence-electron chi connectivity index (χ2n) is 5.01. The van der Waals surface area contributed by atoms with Crippen molar-refractivity contribution in [1.82, 2.24) is 14.2 Å². The highest BCUT2D eigenvalue weighted by Crippen LogP contribution is 2.25. The van der Waals surface area contributed by atoms with Crippen LogP contribution in [-0.2, 0) is 10.0 Å². The molecule has 114 valence electrons. The Balaban J connectivity index is 3.19. The molecule has 2 N–H and O–H groups in total. The molecule has 0 aliphatic heterocycles. The number of likely N-dealkylation sites (N-methyl/N-ethyl adjacent to an activating group) is 2. The van der Waals surface area contributed by atoms with Crippen LogP contribution in [0, 0.1) is 13.8 Å². The molecule has 8 heteroatoms. The first-order chi connectivity index (χ1) is 9.09. The van der Waals surface area contributed by atoms with Gasteiger partial charge in [0.1, 0.15) is 10.6 Å². The van der Waals surface area contributed by atoms with E-state index in [2.05, 4.69) is 4.98 Å². The van der Waals surface area contributed by atoms with Crippen molar-refractivity contribution in [3.8, 4) is 0 Å². The van der Waals surface area contributed by atoms with E-state index in [9.17, 15) is 13.2 Å². The summed E-state index contributed by atoms with van der Waals surface area (Å²) in [5, 5.41) is 9.04. The number of rotatable bonds is 6. The Morgan fingerprint density at radius 3 is 2.15 bits per heavy atom. The molecule has 1 rings (SSSR count). The number of hydrogen-bond acceptors (Lipinski definition) is 4. The van der Waals surface area contributed by atoms with E-state index in [-0.39, 0.29) is 16.2 Å². The van der Waals surface area contributed by atoms with Gasteiger partial charge in [0.15, 0.2) is 0 Å². The molecule has 0 bridgehead atoms. The molecule has 0 spiro atoms. The maximum Gasteiger partial charge on any atom is 0.352 e. The molecule has 0 unspecified atom stereocenters. The van der Waals surface area contributed by atoms with Crippen LogP contribution in [0.2, 0.25) is 0 Å². The predicted molar refractivity (Wildman–Crippen MR) is 75.6 cm³/mol. The quantitative estimate of drug-likeness (QED) is 0.798. The first kappa shape index (κ1) is 16.7. The van der Waals surface area contributed by atoms with Crippen LogP contribution in [0.25, 0.3) is 0 Å². The van der Waals surface area contributed by atoms with Crippen LogP contribution < -0.4 is 0 Å². The molecule has 20 heavy (non-hydrogen) atoms. The number of aromatic amines is 1. The summed E-state index contributed by atoms with van der Waals surface area (Å²) in [6, 6.07) is 0. The molecule has 0 fully saturated rings. The second kappa shape index (κ2) is 5.94. The van der Waals surface area contributed by atoms with E-state index in [0.29, 0.717) is 18.8 Å². The molecule has 7 nitrogen and oxygen atoms in total.